The van der Waals surface area contributed by atoms with Crippen molar-refractivity contribution in [2.24, 2.45) is 0 Å². The van der Waals surface area contributed by atoms with Crippen molar-refractivity contribution in [2.75, 3.05) is 6.61 Å². The fourth-order valence-electron chi connectivity index (χ4n) is 3.29. The number of alkyl halides is 3. The molecule has 0 aliphatic carbocycles. The van der Waals surface area contributed by atoms with E-state index in [0.29, 0.717) is 30.5 Å². The van der Waals surface area contributed by atoms with Crippen LogP contribution in [0.4, 0.5) is 35.1 Å². The molecule has 0 aliphatic heterocycles. The molecule has 0 bridgehead atoms. The third kappa shape index (κ3) is 5.03. The van der Waals surface area contributed by atoms with Gasteiger partial charge in [-0.15, -0.1) is 0 Å². The highest BCUT2D eigenvalue weighted by atomic mass is 19.4. The largest absolute Gasteiger partial charge is 0.478 e. The molecule has 0 saturated heterocycles. The zero-order chi connectivity index (χ0) is 23.6. The molecule has 0 atom stereocenters. The van der Waals surface area contributed by atoms with Gasteiger partial charge in [0.1, 0.15) is 17.5 Å². The molecule has 170 valence electrons. The molecule has 0 unspecified atom stereocenters. The van der Waals surface area contributed by atoms with Crippen molar-refractivity contribution >= 4 is 10.8 Å². The summed E-state index contributed by atoms with van der Waals surface area (Å²) in [6.07, 6.45) is -0.350. The number of aryl methyl sites for hydroxylation is 1. The van der Waals surface area contributed by atoms with Gasteiger partial charge in [0, 0.05) is 0 Å². The summed E-state index contributed by atoms with van der Waals surface area (Å²) >= 11 is 0. The van der Waals surface area contributed by atoms with E-state index in [4.69, 9.17) is 0 Å². The summed E-state index contributed by atoms with van der Waals surface area (Å²) < 4.78 is 114. The molecule has 0 N–H and O–H groups in total. The number of rotatable bonds is 6. The second kappa shape index (κ2) is 9.18. The topological polar surface area (TPSA) is 9.23 Å². The van der Waals surface area contributed by atoms with Crippen LogP contribution in [0, 0.1) is 29.1 Å². The van der Waals surface area contributed by atoms with Crippen LogP contribution in [-0.4, -0.2) is 12.8 Å². The van der Waals surface area contributed by atoms with E-state index in [1.807, 2.05) is 6.08 Å². The molecule has 0 radical (unpaired) electrons. The second-order valence-corrected chi connectivity index (χ2v) is 7.00. The molecule has 3 aromatic rings. The maximum atomic E-state index is 14.6. The van der Waals surface area contributed by atoms with Crippen LogP contribution in [-0.2, 0) is 6.42 Å². The highest BCUT2D eigenvalue weighted by Gasteiger charge is 2.30. The van der Waals surface area contributed by atoms with Gasteiger partial charge in [-0.25, -0.2) is 22.0 Å². The fraction of sp³-hybridized carbons (Fsp3) is 0.217. The summed E-state index contributed by atoms with van der Waals surface area (Å²) in [6, 6.07) is 4.27. The van der Waals surface area contributed by atoms with Crippen LogP contribution in [0.3, 0.4) is 0 Å². The normalized spacial score (nSPS) is 12.2. The minimum Gasteiger partial charge on any atom is -0.478 e. The molecular weight excluding hydrogens is 444 g/mol. The summed E-state index contributed by atoms with van der Waals surface area (Å²) in [5.74, 6) is -7.94. The maximum Gasteiger partial charge on any atom is 0.422 e. The Hall–Kier alpha value is -3.10. The quantitative estimate of drug-likeness (QED) is 0.271. The van der Waals surface area contributed by atoms with E-state index in [-0.39, 0.29) is 5.56 Å². The lowest BCUT2D eigenvalue weighted by atomic mass is 9.97. The van der Waals surface area contributed by atoms with Crippen LogP contribution in [0.25, 0.3) is 21.9 Å². The summed E-state index contributed by atoms with van der Waals surface area (Å²) in [4.78, 5) is 0. The average Bonchev–Trinajstić information content (AvgIpc) is 2.66. The molecule has 3 rings (SSSR count). The van der Waals surface area contributed by atoms with Gasteiger partial charge in [0.15, 0.2) is 24.0 Å². The van der Waals surface area contributed by atoms with Crippen LogP contribution in [0.2, 0.25) is 0 Å². The van der Waals surface area contributed by atoms with Crippen LogP contribution < -0.4 is 4.74 Å². The molecule has 3 aromatic carbocycles. The molecule has 0 aliphatic rings. The number of hydrogen-bond donors (Lipinski definition) is 0. The third-order valence-corrected chi connectivity index (χ3v) is 4.64. The first-order valence-corrected chi connectivity index (χ1v) is 9.42. The predicted octanol–water partition coefficient (Wildman–Crippen LogP) is 7.65. The van der Waals surface area contributed by atoms with Crippen LogP contribution >= 0.6 is 0 Å². The standard InChI is InChI=1S/C23H16F8O/c1-2-3-4-5-12-6-15(24)19(16(25)7-12)13-8-14-10-18(27)22(32-11-23(29,30)31)21(28)20(14)17(26)9-13/h2-3,6-10H,4-5,11H2,1H3/b3-2+. The molecule has 1 nitrogen and oxygen atoms in total. The summed E-state index contributed by atoms with van der Waals surface area (Å²) in [5.41, 5.74) is -0.557. The smallest absolute Gasteiger partial charge is 0.422 e. The van der Waals surface area contributed by atoms with E-state index in [2.05, 4.69) is 4.74 Å². The van der Waals surface area contributed by atoms with Gasteiger partial charge in [0.25, 0.3) is 0 Å². The first-order valence-electron chi connectivity index (χ1n) is 9.42. The predicted molar refractivity (Wildman–Crippen MR) is 104 cm³/mol. The Labute approximate surface area is 177 Å². The molecule has 0 amide bonds. The third-order valence-electron chi connectivity index (χ3n) is 4.64. The summed E-state index contributed by atoms with van der Waals surface area (Å²) in [7, 11) is 0. The summed E-state index contributed by atoms with van der Waals surface area (Å²) in [6.45, 7) is -0.182. The number of halogens is 8. The minimum atomic E-state index is -4.87. The molecule has 0 aromatic heterocycles. The maximum absolute atomic E-state index is 14.6. The van der Waals surface area contributed by atoms with Crippen LogP contribution in [0.15, 0.2) is 42.5 Å². The molecule has 0 fully saturated rings. The Bertz CT molecular complexity index is 1160. The van der Waals surface area contributed by atoms with Gasteiger partial charge < -0.3 is 4.74 Å². The SMILES string of the molecule is C/C=C/CCc1cc(F)c(-c2cc(F)c3c(F)c(OCC(F)(F)F)c(F)cc3c2)c(F)c1. The van der Waals surface area contributed by atoms with E-state index in [9.17, 15) is 35.1 Å². The Kier molecular flexibility index (Phi) is 6.76. The van der Waals surface area contributed by atoms with Crippen LogP contribution in [0.1, 0.15) is 18.9 Å². The Morgan fingerprint density at radius 2 is 1.50 bits per heavy atom. The lowest BCUT2D eigenvalue weighted by Crippen LogP contribution is -2.20. The second-order valence-electron chi connectivity index (χ2n) is 7.00. The van der Waals surface area contributed by atoms with Gasteiger partial charge in [-0.2, -0.15) is 13.2 Å². The van der Waals surface area contributed by atoms with Gasteiger partial charge in [-0.1, -0.05) is 12.2 Å². The molecule has 0 spiro atoms. The highest BCUT2D eigenvalue weighted by Crippen LogP contribution is 2.37. The number of fused-ring (bicyclic) bond motifs is 1. The number of allylic oxidation sites excluding steroid dienone is 2. The number of benzene rings is 3. The monoisotopic (exact) mass is 460 g/mol. The molecule has 32 heavy (non-hydrogen) atoms. The Balaban J connectivity index is 2.07. The van der Waals surface area contributed by atoms with Crippen molar-refractivity contribution in [2.45, 2.75) is 25.9 Å². The van der Waals surface area contributed by atoms with Crippen molar-refractivity contribution in [1.82, 2.24) is 0 Å². The highest BCUT2D eigenvalue weighted by molar-refractivity contribution is 5.90. The van der Waals surface area contributed by atoms with Gasteiger partial charge in [0.2, 0.25) is 0 Å². The van der Waals surface area contributed by atoms with Crippen LogP contribution in [0.5, 0.6) is 5.75 Å². The first-order chi connectivity index (χ1) is 15.0. The fourth-order valence-corrected chi connectivity index (χ4v) is 3.29. The van der Waals surface area contributed by atoms with Gasteiger partial charge in [-0.05, 0) is 66.6 Å². The molecule has 9 heteroatoms. The number of hydrogen-bond acceptors (Lipinski definition) is 1. The van der Waals surface area contributed by atoms with E-state index in [0.717, 1.165) is 18.2 Å². The minimum absolute atomic E-state index is 0.326. The van der Waals surface area contributed by atoms with E-state index >= 15 is 0 Å². The molecule has 0 heterocycles. The van der Waals surface area contributed by atoms with E-state index < -0.39 is 64.0 Å². The number of ether oxygens (including phenoxy) is 1. The summed E-state index contributed by atoms with van der Waals surface area (Å²) in [5, 5.41) is -1.30. The Morgan fingerprint density at radius 3 is 2.09 bits per heavy atom. The van der Waals surface area contributed by atoms with Gasteiger partial charge in [0.05, 0.1) is 10.9 Å². The average molecular weight is 460 g/mol. The zero-order valence-electron chi connectivity index (χ0n) is 16.6. The zero-order valence-corrected chi connectivity index (χ0v) is 16.6. The van der Waals surface area contributed by atoms with Crippen molar-refractivity contribution in [3.63, 3.8) is 0 Å². The lowest BCUT2D eigenvalue weighted by molar-refractivity contribution is -0.154. The van der Waals surface area contributed by atoms with Crippen molar-refractivity contribution < 1.29 is 39.9 Å². The van der Waals surface area contributed by atoms with E-state index in [1.165, 1.54) is 0 Å². The van der Waals surface area contributed by atoms with Crippen molar-refractivity contribution in [1.29, 1.82) is 0 Å². The molecule has 0 saturated carbocycles. The van der Waals surface area contributed by atoms with Crippen molar-refractivity contribution in [3.05, 3.63) is 77.1 Å². The molecular formula is C23H16F8O. The Morgan fingerprint density at radius 1 is 0.844 bits per heavy atom. The van der Waals surface area contributed by atoms with Gasteiger partial charge in [-0.3, -0.25) is 0 Å². The van der Waals surface area contributed by atoms with Crippen molar-refractivity contribution in [3.8, 4) is 16.9 Å². The van der Waals surface area contributed by atoms with Gasteiger partial charge >= 0.3 is 6.18 Å². The lowest BCUT2D eigenvalue weighted by Gasteiger charge is -2.14. The first kappa shape index (κ1) is 23.6. The van der Waals surface area contributed by atoms with E-state index in [1.54, 1.807) is 13.0 Å².